The summed E-state index contributed by atoms with van der Waals surface area (Å²) in [6, 6.07) is 8.41. The number of carbonyl (C=O) groups is 2. The minimum Gasteiger partial charge on any atom is -0.481 e. The first-order valence-corrected chi connectivity index (χ1v) is 7.29. The molecular weight excluding hydrogens is 257 g/mol. The van der Waals surface area contributed by atoms with Crippen LogP contribution >= 0.6 is 7.37 Å². The molecule has 3 N–H and O–H groups in total. The Morgan fingerprint density at radius 2 is 1.83 bits per heavy atom. The molecule has 0 aliphatic carbocycles. The van der Waals surface area contributed by atoms with Crippen molar-refractivity contribution in [1.82, 2.24) is 5.32 Å². The average molecular weight is 271 g/mol. The van der Waals surface area contributed by atoms with Crippen molar-refractivity contribution in [1.29, 1.82) is 0 Å². The zero-order valence-corrected chi connectivity index (χ0v) is 10.5. The Morgan fingerprint density at radius 1 is 1.22 bits per heavy atom. The molecule has 1 rings (SSSR count). The number of carboxylic acids is 1. The monoisotopic (exact) mass is 271 g/mol. The van der Waals surface area contributed by atoms with Crippen molar-refractivity contribution in [3.05, 3.63) is 35.9 Å². The highest BCUT2D eigenvalue weighted by Crippen LogP contribution is 2.38. The third kappa shape index (κ3) is 5.12. The predicted octanol–water partition coefficient (Wildman–Crippen LogP) is 0.771. The first-order chi connectivity index (χ1) is 8.41. The van der Waals surface area contributed by atoms with Crippen molar-refractivity contribution in [3.63, 3.8) is 0 Å². The Bertz CT molecular complexity index is 474. The summed E-state index contributed by atoms with van der Waals surface area (Å²) in [6.45, 7) is -0.0330. The first-order valence-electron chi connectivity index (χ1n) is 5.26. The summed E-state index contributed by atoms with van der Waals surface area (Å²) in [4.78, 5) is 31.2. The summed E-state index contributed by atoms with van der Waals surface area (Å²) < 4.78 is 11.4. The van der Waals surface area contributed by atoms with Crippen molar-refractivity contribution in [2.24, 2.45) is 0 Å². The lowest BCUT2D eigenvalue weighted by atomic mass is 10.2. The summed E-state index contributed by atoms with van der Waals surface area (Å²) in [5.74, 6) is -1.68. The van der Waals surface area contributed by atoms with E-state index in [1.807, 2.05) is 0 Å². The molecule has 0 radical (unpaired) electrons. The number of aliphatic carboxylic acids is 1. The Kier molecular flexibility index (Phi) is 5.07. The Morgan fingerprint density at radius 3 is 2.39 bits per heavy atom. The van der Waals surface area contributed by atoms with E-state index in [2.05, 4.69) is 5.32 Å². The molecular formula is C11H14NO5P. The number of rotatable bonds is 6. The molecule has 0 saturated carbocycles. The van der Waals surface area contributed by atoms with Crippen LogP contribution in [0.25, 0.3) is 0 Å². The molecule has 0 aromatic heterocycles. The fraction of sp³-hybridized carbons (Fsp3) is 0.273. The number of hydrogen-bond donors (Lipinski definition) is 3. The third-order valence-corrected chi connectivity index (χ3v) is 3.85. The van der Waals surface area contributed by atoms with Gasteiger partial charge in [0.2, 0.25) is 7.37 Å². The van der Waals surface area contributed by atoms with E-state index in [0.29, 0.717) is 5.56 Å². The van der Waals surface area contributed by atoms with E-state index < -0.39 is 19.5 Å². The van der Waals surface area contributed by atoms with Gasteiger partial charge in [0.1, 0.15) is 6.16 Å². The second kappa shape index (κ2) is 6.33. The molecule has 0 heterocycles. The van der Waals surface area contributed by atoms with Gasteiger partial charge in [-0.1, -0.05) is 18.2 Å². The summed E-state index contributed by atoms with van der Waals surface area (Å²) in [7, 11) is -3.71. The number of benzene rings is 1. The Labute approximate surface area is 104 Å². The maximum absolute atomic E-state index is 11.6. The molecule has 1 amide bonds. The van der Waals surface area contributed by atoms with Gasteiger partial charge in [0.15, 0.2) is 0 Å². The molecule has 0 fully saturated rings. The van der Waals surface area contributed by atoms with Crippen LogP contribution in [0.15, 0.2) is 30.3 Å². The quantitative estimate of drug-likeness (QED) is 0.663. The Balaban J connectivity index is 2.41. The van der Waals surface area contributed by atoms with Gasteiger partial charge in [0, 0.05) is 18.3 Å². The van der Waals surface area contributed by atoms with Crippen LogP contribution in [0.3, 0.4) is 0 Å². The molecule has 7 heteroatoms. The number of carbonyl (C=O) groups excluding carboxylic acids is 1. The molecule has 0 aliphatic rings. The van der Waals surface area contributed by atoms with Crippen molar-refractivity contribution in [2.45, 2.75) is 0 Å². The van der Waals surface area contributed by atoms with Gasteiger partial charge in [-0.15, -0.1) is 0 Å². The third-order valence-electron chi connectivity index (χ3n) is 2.17. The van der Waals surface area contributed by atoms with E-state index in [0.717, 1.165) is 0 Å². The molecule has 1 aromatic carbocycles. The van der Waals surface area contributed by atoms with Gasteiger partial charge < -0.3 is 15.3 Å². The SMILES string of the molecule is O=C(O)CP(=O)(O)CCNC(=O)c1ccccc1. The Hall–Kier alpha value is -1.65. The van der Waals surface area contributed by atoms with Gasteiger partial charge >= 0.3 is 5.97 Å². The second-order valence-corrected chi connectivity index (χ2v) is 6.20. The lowest BCUT2D eigenvalue weighted by Crippen LogP contribution is -2.27. The lowest BCUT2D eigenvalue weighted by Gasteiger charge is -2.09. The van der Waals surface area contributed by atoms with Gasteiger partial charge in [-0.05, 0) is 12.1 Å². The number of hydrogen-bond acceptors (Lipinski definition) is 3. The van der Waals surface area contributed by atoms with Crippen LogP contribution < -0.4 is 5.32 Å². The summed E-state index contributed by atoms with van der Waals surface area (Å²) >= 11 is 0. The minimum atomic E-state index is -3.71. The molecule has 1 unspecified atom stereocenters. The highest BCUT2D eigenvalue weighted by atomic mass is 31.2. The van der Waals surface area contributed by atoms with Gasteiger partial charge in [-0.3, -0.25) is 14.2 Å². The molecule has 1 atom stereocenters. The molecule has 0 saturated heterocycles. The molecule has 0 aliphatic heterocycles. The van der Waals surface area contributed by atoms with E-state index in [4.69, 9.17) is 5.11 Å². The van der Waals surface area contributed by atoms with Crippen LogP contribution in [-0.2, 0) is 9.36 Å². The van der Waals surface area contributed by atoms with Gasteiger partial charge in [-0.2, -0.15) is 0 Å². The van der Waals surface area contributed by atoms with E-state index >= 15 is 0 Å². The van der Waals surface area contributed by atoms with Crippen molar-refractivity contribution >= 4 is 19.2 Å². The smallest absolute Gasteiger partial charge is 0.313 e. The van der Waals surface area contributed by atoms with Crippen LogP contribution in [0, 0.1) is 0 Å². The first kappa shape index (κ1) is 14.4. The minimum absolute atomic E-state index is 0.0330. The van der Waals surface area contributed by atoms with Gasteiger partial charge in [-0.25, -0.2) is 0 Å². The fourth-order valence-corrected chi connectivity index (χ4v) is 2.37. The average Bonchev–Trinajstić information content (AvgIpc) is 2.28. The van der Waals surface area contributed by atoms with Crippen molar-refractivity contribution in [3.8, 4) is 0 Å². The molecule has 98 valence electrons. The van der Waals surface area contributed by atoms with Crippen molar-refractivity contribution in [2.75, 3.05) is 18.9 Å². The number of amides is 1. The fourth-order valence-electron chi connectivity index (χ4n) is 1.33. The topological polar surface area (TPSA) is 104 Å². The molecule has 1 aromatic rings. The van der Waals surface area contributed by atoms with E-state index in [1.54, 1.807) is 30.3 Å². The van der Waals surface area contributed by atoms with Crippen molar-refractivity contribution < 1.29 is 24.2 Å². The number of carboxylic acid groups (broad SMARTS) is 1. The summed E-state index contributed by atoms with van der Waals surface area (Å²) in [5.41, 5.74) is 0.448. The van der Waals surface area contributed by atoms with Crippen LogP contribution in [0.1, 0.15) is 10.4 Å². The normalized spacial score (nSPS) is 13.6. The van der Waals surface area contributed by atoms with E-state index in [9.17, 15) is 19.0 Å². The highest BCUT2D eigenvalue weighted by Gasteiger charge is 2.22. The predicted molar refractivity (Wildman–Crippen MR) is 66.0 cm³/mol. The largest absolute Gasteiger partial charge is 0.481 e. The lowest BCUT2D eigenvalue weighted by molar-refractivity contribution is -0.134. The molecule has 6 nitrogen and oxygen atoms in total. The van der Waals surface area contributed by atoms with E-state index in [-0.39, 0.29) is 18.6 Å². The molecule has 0 bridgehead atoms. The zero-order valence-electron chi connectivity index (χ0n) is 9.57. The van der Waals surface area contributed by atoms with Crippen LogP contribution in [0.5, 0.6) is 0 Å². The maximum atomic E-state index is 11.6. The summed E-state index contributed by atoms with van der Waals surface area (Å²) in [6.07, 6.45) is -1.04. The second-order valence-electron chi connectivity index (χ2n) is 3.74. The number of nitrogens with one attached hydrogen (secondary N) is 1. The standard InChI is InChI=1S/C11H14NO5P/c13-10(14)8-18(16,17)7-6-12-11(15)9-4-2-1-3-5-9/h1-5H,6-8H2,(H,12,15)(H,13,14)(H,16,17). The van der Waals surface area contributed by atoms with Gasteiger partial charge in [0.25, 0.3) is 5.91 Å². The molecule has 0 spiro atoms. The molecule has 18 heavy (non-hydrogen) atoms. The van der Waals surface area contributed by atoms with E-state index in [1.165, 1.54) is 0 Å². The highest BCUT2D eigenvalue weighted by molar-refractivity contribution is 7.58. The van der Waals surface area contributed by atoms with Crippen LogP contribution in [0.2, 0.25) is 0 Å². The summed E-state index contributed by atoms with van der Waals surface area (Å²) in [5, 5.41) is 10.9. The maximum Gasteiger partial charge on any atom is 0.313 e. The van der Waals surface area contributed by atoms with Gasteiger partial charge in [0.05, 0.1) is 0 Å². The van der Waals surface area contributed by atoms with Crippen LogP contribution in [-0.4, -0.2) is 40.7 Å². The zero-order chi connectivity index (χ0) is 13.6. The van der Waals surface area contributed by atoms with Crippen LogP contribution in [0.4, 0.5) is 0 Å².